The highest BCUT2D eigenvalue weighted by Crippen LogP contribution is 2.14. The van der Waals surface area contributed by atoms with E-state index in [-0.39, 0.29) is 17.0 Å². The predicted molar refractivity (Wildman–Crippen MR) is 87.6 cm³/mol. The van der Waals surface area contributed by atoms with E-state index in [0.717, 1.165) is 0 Å². The van der Waals surface area contributed by atoms with Crippen LogP contribution in [0.4, 0.5) is 0 Å². The molecule has 0 saturated heterocycles. The summed E-state index contributed by atoms with van der Waals surface area (Å²) in [7, 11) is 1.23. The van der Waals surface area contributed by atoms with E-state index in [4.69, 9.17) is 9.62 Å². The molecule has 1 aromatic carbocycles. The number of hydrogen-bond donors (Lipinski definition) is 0. The minimum atomic E-state index is -0.550. The number of carbonyl (C=O) groups excluding carboxylic acids is 2. The van der Waals surface area contributed by atoms with Crippen molar-refractivity contribution >= 4 is 11.6 Å². The molecule has 25 heavy (non-hydrogen) atoms. The number of hydrogen-bond acceptors (Lipinski definition) is 6. The number of allylic oxidation sites excluding steroid dienone is 5. The molecule has 7 heteroatoms. The lowest BCUT2D eigenvalue weighted by Crippen LogP contribution is -2.46. The van der Waals surface area contributed by atoms with Crippen LogP contribution in [-0.4, -0.2) is 23.8 Å². The standard InChI is InChI=1S/C18H17N2O5/c1-4-6-10-13(5-2)18(22)16-15(19-24-20(16)25-23-3)17(21)14-11-8-7-9-12-14/h4-12H,2H2,1,3H3/q+1/b6-4-,13-10+. The average molecular weight is 341 g/mol. The van der Waals surface area contributed by atoms with Crippen molar-refractivity contribution in [3.05, 3.63) is 83.7 Å². The van der Waals surface area contributed by atoms with E-state index in [1.165, 1.54) is 13.2 Å². The smallest absolute Gasteiger partial charge is 0.284 e. The maximum atomic E-state index is 12.8. The van der Waals surface area contributed by atoms with Gasteiger partial charge in [-0.25, -0.2) is 0 Å². The number of ketones is 2. The highest BCUT2D eigenvalue weighted by molar-refractivity contribution is 6.17. The number of rotatable bonds is 8. The van der Waals surface area contributed by atoms with Crippen LogP contribution < -0.4 is 9.89 Å². The lowest BCUT2D eigenvalue weighted by atomic mass is 10.0. The molecule has 1 aromatic heterocycles. The van der Waals surface area contributed by atoms with Crippen LogP contribution in [-0.2, 0) is 4.89 Å². The Balaban J connectivity index is 2.55. The highest BCUT2D eigenvalue weighted by atomic mass is 17.3. The predicted octanol–water partition coefficient (Wildman–Crippen LogP) is 2.05. The van der Waals surface area contributed by atoms with Gasteiger partial charge in [0.2, 0.25) is 11.6 Å². The maximum absolute atomic E-state index is 12.8. The fourth-order valence-corrected chi connectivity index (χ4v) is 2.01. The Morgan fingerprint density at radius 1 is 1.28 bits per heavy atom. The first-order chi connectivity index (χ1) is 12.1. The van der Waals surface area contributed by atoms with Gasteiger partial charge < -0.3 is 0 Å². The Morgan fingerprint density at radius 2 is 2.00 bits per heavy atom. The highest BCUT2D eigenvalue weighted by Gasteiger charge is 2.39. The fraction of sp³-hybridized carbons (Fsp3) is 0.111. The van der Waals surface area contributed by atoms with E-state index in [1.807, 2.05) is 0 Å². The Morgan fingerprint density at radius 3 is 2.60 bits per heavy atom. The van der Waals surface area contributed by atoms with Crippen LogP contribution >= 0.6 is 0 Å². The largest absolute Gasteiger partial charge is 0.330 e. The van der Waals surface area contributed by atoms with Crippen LogP contribution in [0.25, 0.3) is 0 Å². The van der Waals surface area contributed by atoms with Crippen LogP contribution in [0.1, 0.15) is 33.5 Å². The molecule has 0 aliphatic heterocycles. The molecule has 0 aliphatic carbocycles. The van der Waals surface area contributed by atoms with Crippen molar-refractivity contribution in [2.24, 2.45) is 0 Å². The van der Waals surface area contributed by atoms with Gasteiger partial charge in [0, 0.05) is 11.1 Å². The van der Waals surface area contributed by atoms with E-state index in [0.29, 0.717) is 10.5 Å². The number of Topliss-reactive ketones (excluding diaryl/α,β-unsaturated/α-hetero) is 1. The first kappa shape index (κ1) is 18.0. The monoisotopic (exact) mass is 341 g/mol. The molecule has 0 unspecified atom stereocenters. The van der Waals surface area contributed by atoms with E-state index in [1.54, 1.807) is 55.5 Å². The first-order valence-electron chi connectivity index (χ1n) is 7.37. The Labute approximate surface area is 144 Å². The van der Waals surface area contributed by atoms with Gasteiger partial charge in [0.1, 0.15) is 0 Å². The van der Waals surface area contributed by atoms with Gasteiger partial charge in [-0.05, 0) is 11.6 Å². The minimum Gasteiger partial charge on any atom is -0.284 e. The zero-order valence-electron chi connectivity index (χ0n) is 13.8. The molecule has 0 atom stereocenters. The van der Waals surface area contributed by atoms with Crippen molar-refractivity contribution in [2.45, 2.75) is 6.92 Å². The second kappa shape index (κ2) is 8.51. The first-order valence-corrected chi connectivity index (χ1v) is 7.37. The number of nitrogens with zero attached hydrogens (tertiary/aromatic N) is 2. The molecule has 2 rings (SSSR count). The Hall–Kier alpha value is -3.32. The summed E-state index contributed by atoms with van der Waals surface area (Å²) in [5, 5.41) is 3.66. The number of benzene rings is 1. The van der Waals surface area contributed by atoms with E-state index >= 15 is 0 Å². The topological polar surface area (TPSA) is 82.5 Å². The summed E-state index contributed by atoms with van der Waals surface area (Å²) in [5.74, 6) is -1.04. The van der Waals surface area contributed by atoms with Crippen molar-refractivity contribution in [1.29, 1.82) is 0 Å². The van der Waals surface area contributed by atoms with Gasteiger partial charge in [-0.2, -0.15) is 0 Å². The molecule has 128 valence electrons. The maximum Gasteiger partial charge on any atom is 0.330 e. The van der Waals surface area contributed by atoms with Crippen LogP contribution in [0, 0.1) is 0 Å². The molecule has 0 radical (unpaired) electrons. The molecule has 7 nitrogen and oxygen atoms in total. The number of aromatic nitrogens is 2. The molecule has 0 spiro atoms. The molecule has 0 aliphatic rings. The zero-order chi connectivity index (χ0) is 18.2. The Kier molecular flexibility index (Phi) is 6.14. The molecule has 0 bridgehead atoms. The summed E-state index contributed by atoms with van der Waals surface area (Å²) < 4.78 is 4.90. The molecule has 2 aromatic rings. The van der Waals surface area contributed by atoms with Crippen molar-refractivity contribution in [3.63, 3.8) is 0 Å². The molecule has 0 fully saturated rings. The van der Waals surface area contributed by atoms with E-state index in [9.17, 15) is 9.59 Å². The van der Waals surface area contributed by atoms with Crippen molar-refractivity contribution in [1.82, 2.24) is 5.16 Å². The van der Waals surface area contributed by atoms with Crippen molar-refractivity contribution in [2.75, 3.05) is 7.11 Å². The summed E-state index contributed by atoms with van der Waals surface area (Å²) in [5.41, 5.74) is 0.191. The quantitative estimate of drug-likeness (QED) is 0.240. The summed E-state index contributed by atoms with van der Waals surface area (Å²) >= 11 is 0. The lowest BCUT2D eigenvalue weighted by Gasteiger charge is -1.98. The SMILES string of the molecule is C=C/C(=C\C=C/C)C(=O)c1c(C(=O)c2ccccc2)no[n+]1OOC. The third-order valence-corrected chi connectivity index (χ3v) is 3.17. The van der Waals surface area contributed by atoms with Crippen LogP contribution in [0.2, 0.25) is 0 Å². The van der Waals surface area contributed by atoms with Gasteiger partial charge in [0.25, 0.3) is 0 Å². The lowest BCUT2D eigenvalue weighted by molar-refractivity contribution is -1.07. The average Bonchev–Trinajstić information content (AvgIpc) is 3.06. The molecule has 1 heterocycles. The second-order valence-electron chi connectivity index (χ2n) is 4.74. The van der Waals surface area contributed by atoms with Gasteiger partial charge in [0.15, 0.2) is 10.1 Å². The second-order valence-corrected chi connectivity index (χ2v) is 4.74. The van der Waals surface area contributed by atoms with Gasteiger partial charge >= 0.3 is 11.4 Å². The van der Waals surface area contributed by atoms with Crippen LogP contribution in [0.3, 0.4) is 0 Å². The minimum absolute atomic E-state index is 0.193. The fourth-order valence-electron chi connectivity index (χ4n) is 2.01. The van der Waals surface area contributed by atoms with Gasteiger partial charge in [-0.15, -0.1) is 9.88 Å². The summed E-state index contributed by atoms with van der Waals surface area (Å²) in [6.07, 6.45) is 6.34. The normalized spacial score (nSPS) is 11.5. The molecule has 0 amide bonds. The molecular weight excluding hydrogens is 324 g/mol. The van der Waals surface area contributed by atoms with Gasteiger partial charge in [-0.3, -0.25) is 9.59 Å². The van der Waals surface area contributed by atoms with E-state index < -0.39 is 11.6 Å². The molecule has 0 saturated carbocycles. The van der Waals surface area contributed by atoms with Crippen molar-refractivity contribution in [3.8, 4) is 0 Å². The molecular formula is C18H17N2O5+. The summed E-state index contributed by atoms with van der Waals surface area (Å²) in [6, 6.07) is 8.40. The molecule has 0 N–H and O–H groups in total. The zero-order valence-corrected chi connectivity index (χ0v) is 13.8. The van der Waals surface area contributed by atoms with Crippen LogP contribution in [0.5, 0.6) is 0 Å². The number of carbonyl (C=O) groups is 2. The third-order valence-electron chi connectivity index (χ3n) is 3.17. The van der Waals surface area contributed by atoms with E-state index in [2.05, 4.69) is 16.6 Å². The summed E-state index contributed by atoms with van der Waals surface area (Å²) in [4.78, 5) is 35.4. The summed E-state index contributed by atoms with van der Waals surface area (Å²) in [6.45, 7) is 5.42. The van der Waals surface area contributed by atoms with Gasteiger partial charge in [-0.1, -0.05) is 61.2 Å². The van der Waals surface area contributed by atoms with Gasteiger partial charge in [0.05, 0.1) is 7.11 Å². The van der Waals surface area contributed by atoms with Crippen LogP contribution in [0.15, 0.2) is 71.4 Å². The third kappa shape index (κ3) is 3.96. The van der Waals surface area contributed by atoms with Crippen molar-refractivity contribution < 1.29 is 29.0 Å². The Bertz CT molecular complexity index is 834.